The summed E-state index contributed by atoms with van der Waals surface area (Å²) < 4.78 is 0. The van der Waals surface area contributed by atoms with Crippen LogP contribution >= 0.6 is 0 Å². The van der Waals surface area contributed by atoms with E-state index in [4.69, 9.17) is 0 Å². The van der Waals surface area contributed by atoms with E-state index < -0.39 is 0 Å². The zero-order valence-corrected chi connectivity index (χ0v) is 15.4. The fourth-order valence-electron chi connectivity index (χ4n) is 2.58. The smallest absolute Gasteiger partial charge is 0.0578 e. The quantitative estimate of drug-likeness (QED) is 0.541. The van der Waals surface area contributed by atoms with Gasteiger partial charge in [0.1, 0.15) is 0 Å². The predicted molar refractivity (Wildman–Crippen MR) is 101 cm³/mol. The highest BCUT2D eigenvalue weighted by molar-refractivity contribution is 5.69. The number of hydrogen-bond acceptors (Lipinski definition) is 2. The zero-order valence-electron chi connectivity index (χ0n) is 15.4. The lowest BCUT2D eigenvalue weighted by molar-refractivity contribution is 0.526. The van der Waals surface area contributed by atoms with Crippen LogP contribution in [0.5, 0.6) is 0 Å². The van der Waals surface area contributed by atoms with Crippen molar-refractivity contribution < 1.29 is 0 Å². The Bertz CT molecular complexity index is 373. The summed E-state index contributed by atoms with van der Waals surface area (Å²) in [5.74, 6) is 1.54. The highest BCUT2D eigenvalue weighted by Crippen LogP contribution is 2.24. The highest BCUT2D eigenvalue weighted by Gasteiger charge is 2.09. The van der Waals surface area contributed by atoms with Crippen molar-refractivity contribution in [1.82, 2.24) is 0 Å². The molecule has 0 amide bonds. The number of nitrogens with one attached hydrogen (secondary N) is 2. The van der Waals surface area contributed by atoms with Gasteiger partial charge in [-0.1, -0.05) is 39.8 Å². The van der Waals surface area contributed by atoms with Crippen molar-refractivity contribution >= 4 is 11.4 Å². The van der Waals surface area contributed by atoms with Gasteiger partial charge >= 0.3 is 0 Å². The molecule has 0 fully saturated rings. The number of benzene rings is 1. The van der Waals surface area contributed by atoms with Crippen molar-refractivity contribution in [2.75, 3.05) is 10.6 Å². The minimum Gasteiger partial charge on any atom is -0.381 e. The lowest BCUT2D eigenvalue weighted by Crippen LogP contribution is -2.20. The molecule has 1 aromatic carbocycles. The Balaban J connectivity index is 2.57. The number of hydrogen-bond donors (Lipinski definition) is 2. The Morgan fingerprint density at radius 2 is 1.00 bits per heavy atom. The summed E-state index contributed by atoms with van der Waals surface area (Å²) in [7, 11) is 0. The fraction of sp³-hybridized carbons (Fsp3) is 0.700. The maximum atomic E-state index is 3.67. The van der Waals surface area contributed by atoms with E-state index in [9.17, 15) is 0 Å². The molecule has 0 radical (unpaired) electrons. The second-order valence-electron chi connectivity index (χ2n) is 7.58. The first-order valence-corrected chi connectivity index (χ1v) is 9.00. The Labute approximate surface area is 138 Å². The predicted octanol–water partition coefficient (Wildman–Crippen LogP) is 6.16. The van der Waals surface area contributed by atoms with Crippen LogP contribution < -0.4 is 10.6 Å². The van der Waals surface area contributed by atoms with Crippen molar-refractivity contribution in [2.24, 2.45) is 11.8 Å². The standard InChI is InChI=1S/C20H36N2/c1-15(2)11-13-17(5)21-19-9-7-8-10-20(19)22-18(6)14-12-16(3)4/h7-10,15-18,21-22H,11-14H2,1-6H3. The molecule has 0 aromatic heterocycles. The summed E-state index contributed by atoms with van der Waals surface area (Å²) in [6.07, 6.45) is 4.98. The lowest BCUT2D eigenvalue weighted by atomic mass is 10.0. The van der Waals surface area contributed by atoms with Crippen LogP contribution in [0.4, 0.5) is 11.4 Å². The van der Waals surface area contributed by atoms with Gasteiger partial charge in [0.25, 0.3) is 0 Å². The molecule has 0 aliphatic rings. The Hall–Kier alpha value is -1.18. The molecule has 0 heterocycles. The second-order valence-corrected chi connectivity index (χ2v) is 7.58. The average Bonchev–Trinajstić information content (AvgIpc) is 2.45. The normalized spacial score (nSPS) is 14.2. The van der Waals surface area contributed by atoms with Gasteiger partial charge in [-0.2, -0.15) is 0 Å². The van der Waals surface area contributed by atoms with E-state index in [0.717, 1.165) is 11.8 Å². The van der Waals surface area contributed by atoms with Gasteiger partial charge in [-0.15, -0.1) is 0 Å². The Morgan fingerprint density at radius 1 is 0.636 bits per heavy atom. The van der Waals surface area contributed by atoms with Crippen LogP contribution in [-0.4, -0.2) is 12.1 Å². The maximum absolute atomic E-state index is 3.67. The summed E-state index contributed by atoms with van der Waals surface area (Å²) in [5.41, 5.74) is 2.46. The van der Waals surface area contributed by atoms with E-state index >= 15 is 0 Å². The third-order valence-corrected chi connectivity index (χ3v) is 4.08. The van der Waals surface area contributed by atoms with Gasteiger partial charge in [-0.3, -0.25) is 0 Å². The largest absolute Gasteiger partial charge is 0.381 e. The summed E-state index contributed by atoms with van der Waals surface area (Å²) >= 11 is 0. The molecular weight excluding hydrogens is 268 g/mol. The van der Waals surface area contributed by atoms with Crippen LogP contribution in [0, 0.1) is 11.8 Å². The minimum absolute atomic E-state index is 0.510. The van der Waals surface area contributed by atoms with Crippen LogP contribution in [0.2, 0.25) is 0 Å². The molecule has 0 aliphatic heterocycles. The van der Waals surface area contributed by atoms with E-state index in [1.807, 2.05) is 0 Å². The molecule has 2 unspecified atom stereocenters. The summed E-state index contributed by atoms with van der Waals surface area (Å²) in [5, 5.41) is 7.35. The van der Waals surface area contributed by atoms with Crippen LogP contribution in [0.25, 0.3) is 0 Å². The molecule has 0 bridgehead atoms. The molecule has 22 heavy (non-hydrogen) atoms. The molecule has 0 spiro atoms. The first-order valence-electron chi connectivity index (χ1n) is 9.00. The van der Waals surface area contributed by atoms with Crippen LogP contribution in [0.3, 0.4) is 0 Å². The van der Waals surface area contributed by atoms with Crippen LogP contribution in [0.15, 0.2) is 24.3 Å². The molecule has 2 nitrogen and oxygen atoms in total. The van der Waals surface area contributed by atoms with Crippen LogP contribution in [0.1, 0.15) is 67.2 Å². The third-order valence-electron chi connectivity index (χ3n) is 4.08. The third kappa shape index (κ3) is 7.72. The lowest BCUT2D eigenvalue weighted by Gasteiger charge is -2.22. The maximum Gasteiger partial charge on any atom is 0.0578 e. The van der Waals surface area contributed by atoms with E-state index in [2.05, 4.69) is 76.4 Å². The van der Waals surface area contributed by atoms with Crippen molar-refractivity contribution in [1.29, 1.82) is 0 Å². The van der Waals surface area contributed by atoms with Gasteiger partial charge < -0.3 is 10.6 Å². The van der Waals surface area contributed by atoms with E-state index in [1.54, 1.807) is 0 Å². The van der Waals surface area contributed by atoms with Gasteiger partial charge in [0.15, 0.2) is 0 Å². The average molecular weight is 305 g/mol. The Kier molecular flexibility index (Phi) is 8.37. The molecule has 2 atom stereocenters. The molecule has 1 aromatic rings. The van der Waals surface area contributed by atoms with Crippen molar-refractivity contribution in [3.05, 3.63) is 24.3 Å². The molecule has 1 rings (SSSR count). The Morgan fingerprint density at radius 3 is 1.32 bits per heavy atom. The fourth-order valence-corrected chi connectivity index (χ4v) is 2.58. The number of rotatable bonds is 10. The molecular formula is C20H36N2. The molecule has 0 aliphatic carbocycles. The van der Waals surface area contributed by atoms with Gasteiger partial charge in [0, 0.05) is 12.1 Å². The first kappa shape index (κ1) is 18.9. The van der Waals surface area contributed by atoms with E-state index in [1.165, 1.54) is 37.1 Å². The minimum atomic E-state index is 0.510. The molecule has 0 saturated heterocycles. The molecule has 126 valence electrons. The SMILES string of the molecule is CC(C)CCC(C)Nc1ccccc1NC(C)CCC(C)C. The molecule has 0 saturated carbocycles. The monoisotopic (exact) mass is 304 g/mol. The summed E-state index contributed by atoms with van der Waals surface area (Å²) in [6, 6.07) is 9.61. The van der Waals surface area contributed by atoms with Gasteiger partial charge in [0.2, 0.25) is 0 Å². The number of anilines is 2. The van der Waals surface area contributed by atoms with E-state index in [-0.39, 0.29) is 0 Å². The van der Waals surface area contributed by atoms with Gasteiger partial charge in [-0.25, -0.2) is 0 Å². The topological polar surface area (TPSA) is 24.1 Å². The van der Waals surface area contributed by atoms with Crippen molar-refractivity contribution in [3.8, 4) is 0 Å². The van der Waals surface area contributed by atoms with Gasteiger partial charge in [-0.05, 0) is 63.5 Å². The zero-order chi connectivity index (χ0) is 16.5. The summed E-state index contributed by atoms with van der Waals surface area (Å²) in [4.78, 5) is 0. The summed E-state index contributed by atoms with van der Waals surface area (Å²) in [6.45, 7) is 13.7. The van der Waals surface area contributed by atoms with Gasteiger partial charge in [0.05, 0.1) is 11.4 Å². The van der Waals surface area contributed by atoms with Crippen molar-refractivity contribution in [2.45, 2.75) is 79.3 Å². The second kappa shape index (κ2) is 9.76. The first-order chi connectivity index (χ1) is 10.4. The highest BCUT2D eigenvalue weighted by atomic mass is 15.0. The number of para-hydroxylation sites is 2. The van der Waals surface area contributed by atoms with Crippen molar-refractivity contribution in [3.63, 3.8) is 0 Å². The molecule has 2 N–H and O–H groups in total. The van der Waals surface area contributed by atoms with E-state index in [0.29, 0.717) is 12.1 Å². The molecule has 2 heteroatoms. The van der Waals surface area contributed by atoms with Crippen LogP contribution in [-0.2, 0) is 0 Å².